The molecule has 1 heterocycles. The molecule has 0 unspecified atom stereocenters. The molecule has 5 saturated carbocycles. The van der Waals surface area contributed by atoms with Crippen molar-refractivity contribution >= 4 is 11.8 Å². The Morgan fingerprint density at radius 1 is 0.872 bits per heavy atom. The number of benzene rings is 1. The molecule has 3 N–H and O–H groups in total. The van der Waals surface area contributed by atoms with E-state index in [0.29, 0.717) is 55.5 Å². The lowest BCUT2D eigenvalue weighted by Gasteiger charge is -2.62. The Balaban J connectivity index is 0.994. The molecule has 0 spiro atoms. The first-order valence-electron chi connectivity index (χ1n) is 19.4. The average Bonchev–Trinajstić information content (AvgIpc) is 3.39. The Bertz CT molecular complexity index is 1250. The van der Waals surface area contributed by atoms with Crippen molar-refractivity contribution in [3.8, 4) is 0 Å². The number of aliphatic hydroxyl groups excluding tert-OH is 2. The van der Waals surface area contributed by atoms with Crippen LogP contribution in [0.25, 0.3) is 0 Å². The molecule has 47 heavy (non-hydrogen) atoms. The maximum atomic E-state index is 14.0. The molecule has 7 heteroatoms. The molecule has 6 fully saturated rings. The van der Waals surface area contributed by atoms with E-state index < -0.39 is 6.04 Å². The van der Waals surface area contributed by atoms with Gasteiger partial charge in [0.25, 0.3) is 0 Å². The lowest BCUT2D eigenvalue weighted by atomic mass is 9.44. The van der Waals surface area contributed by atoms with Gasteiger partial charge in [-0.3, -0.25) is 14.5 Å². The minimum atomic E-state index is -0.551. The summed E-state index contributed by atoms with van der Waals surface area (Å²) in [5.74, 6) is 3.07. The first-order valence-corrected chi connectivity index (χ1v) is 19.4. The summed E-state index contributed by atoms with van der Waals surface area (Å²) in [5.41, 5.74) is 1.38. The van der Waals surface area contributed by atoms with Crippen LogP contribution in [0, 0.1) is 40.4 Å². The Hall–Kier alpha value is -1.96. The van der Waals surface area contributed by atoms with E-state index in [1.54, 1.807) is 0 Å². The summed E-state index contributed by atoms with van der Waals surface area (Å²) >= 11 is 0. The zero-order valence-electron chi connectivity index (χ0n) is 29.1. The van der Waals surface area contributed by atoms with Crippen molar-refractivity contribution in [1.29, 1.82) is 0 Å². The first kappa shape index (κ1) is 33.5. The van der Waals surface area contributed by atoms with E-state index in [0.717, 1.165) is 57.2 Å². The summed E-state index contributed by atoms with van der Waals surface area (Å²) in [7, 11) is 0. The molecule has 0 radical (unpaired) electrons. The van der Waals surface area contributed by atoms with Crippen LogP contribution in [0.2, 0.25) is 0 Å². The van der Waals surface area contributed by atoms with Crippen LogP contribution in [0.15, 0.2) is 30.3 Å². The Morgan fingerprint density at radius 2 is 1.60 bits per heavy atom. The first-order chi connectivity index (χ1) is 22.7. The second kappa shape index (κ2) is 13.7. The van der Waals surface area contributed by atoms with Gasteiger partial charge < -0.3 is 20.4 Å². The van der Waals surface area contributed by atoms with Crippen LogP contribution in [0.4, 0.5) is 0 Å². The third-order valence-electron chi connectivity index (χ3n) is 14.8. The summed E-state index contributed by atoms with van der Waals surface area (Å²) in [5, 5.41) is 25.6. The zero-order chi connectivity index (χ0) is 32.8. The van der Waals surface area contributed by atoms with Crippen LogP contribution in [0.5, 0.6) is 0 Å². The molecule has 0 bridgehead atoms. The highest BCUT2D eigenvalue weighted by molar-refractivity contribution is 5.88. The highest BCUT2D eigenvalue weighted by atomic mass is 16.3. The maximum Gasteiger partial charge on any atom is 0.245 e. The number of nitrogens with zero attached hydrogens (tertiary/aromatic N) is 2. The van der Waals surface area contributed by atoms with Crippen molar-refractivity contribution < 1.29 is 19.8 Å². The van der Waals surface area contributed by atoms with E-state index in [-0.39, 0.29) is 40.9 Å². The van der Waals surface area contributed by atoms with Gasteiger partial charge in [0.05, 0.1) is 12.2 Å². The van der Waals surface area contributed by atoms with E-state index in [9.17, 15) is 19.8 Å². The van der Waals surface area contributed by atoms with Crippen LogP contribution in [0.1, 0.15) is 109 Å². The third-order valence-corrected chi connectivity index (χ3v) is 14.8. The molecule has 2 amide bonds. The topological polar surface area (TPSA) is 93.1 Å². The number of hydrogen-bond acceptors (Lipinski definition) is 5. The quantitative estimate of drug-likeness (QED) is 0.360. The van der Waals surface area contributed by atoms with Gasteiger partial charge in [0.2, 0.25) is 11.8 Å². The van der Waals surface area contributed by atoms with Crippen LogP contribution < -0.4 is 5.32 Å². The monoisotopic (exact) mass is 647 g/mol. The van der Waals surface area contributed by atoms with Crippen molar-refractivity contribution in [3.63, 3.8) is 0 Å². The minimum absolute atomic E-state index is 0.0128. The second-order valence-electron chi connectivity index (χ2n) is 17.2. The van der Waals surface area contributed by atoms with Crippen molar-refractivity contribution in [2.24, 2.45) is 40.4 Å². The molecule has 1 aromatic rings. The highest BCUT2D eigenvalue weighted by Crippen LogP contribution is 2.66. The molecule has 1 aromatic carbocycles. The summed E-state index contributed by atoms with van der Waals surface area (Å²) < 4.78 is 0. The summed E-state index contributed by atoms with van der Waals surface area (Å²) in [6.45, 7) is 7.71. The standard InChI is InChI=1S/C40H61N3O4/c1-39-18-17-32-30(31(39)15-16-36(39)45)14-13-29-25-35(44)34(26-40(29,32)2)42-19-21-43(22-20-42)38(47)33(23-27-9-5-3-6-10-27)41-37(46)24-28-11-7-4-8-12-28/h3,5-6,9-10,28-36,44-45H,4,7-8,11-26H2,1-2H3,(H,41,46)/t29-,30-,31-,32-,33-,34-,35-,36-,39-,40-/m0/s1. The second-order valence-corrected chi connectivity index (χ2v) is 17.2. The number of carbonyl (C=O) groups excluding carboxylic acids is 2. The van der Waals surface area contributed by atoms with Crippen molar-refractivity contribution in [2.45, 2.75) is 134 Å². The number of carbonyl (C=O) groups is 2. The predicted octanol–water partition coefficient (Wildman–Crippen LogP) is 5.57. The minimum Gasteiger partial charge on any atom is -0.393 e. The van der Waals surface area contributed by atoms with Crippen LogP contribution in [-0.4, -0.2) is 82.3 Å². The molecule has 10 atom stereocenters. The van der Waals surface area contributed by atoms with Gasteiger partial charge in [0, 0.05) is 45.1 Å². The van der Waals surface area contributed by atoms with Gasteiger partial charge >= 0.3 is 0 Å². The molecule has 7 rings (SSSR count). The lowest BCUT2D eigenvalue weighted by molar-refractivity contribution is -0.157. The zero-order valence-corrected chi connectivity index (χ0v) is 29.1. The van der Waals surface area contributed by atoms with E-state index in [4.69, 9.17) is 0 Å². The fourth-order valence-corrected chi connectivity index (χ4v) is 12.1. The molecule has 260 valence electrons. The largest absolute Gasteiger partial charge is 0.393 e. The number of rotatable bonds is 7. The molecule has 7 nitrogen and oxygen atoms in total. The lowest BCUT2D eigenvalue weighted by Crippen LogP contribution is -2.63. The molecule has 6 aliphatic rings. The Kier molecular flexibility index (Phi) is 9.81. The van der Waals surface area contributed by atoms with Crippen molar-refractivity contribution in [1.82, 2.24) is 15.1 Å². The van der Waals surface area contributed by atoms with Gasteiger partial charge in [-0.25, -0.2) is 0 Å². The molecule has 5 aliphatic carbocycles. The van der Waals surface area contributed by atoms with Crippen molar-refractivity contribution in [2.75, 3.05) is 26.2 Å². The maximum absolute atomic E-state index is 14.0. The van der Waals surface area contributed by atoms with Crippen LogP contribution >= 0.6 is 0 Å². The van der Waals surface area contributed by atoms with Crippen molar-refractivity contribution in [3.05, 3.63) is 35.9 Å². The molecule has 0 aromatic heterocycles. The van der Waals surface area contributed by atoms with Crippen LogP contribution in [-0.2, 0) is 16.0 Å². The SMILES string of the molecule is C[C@]12C[C@H](N3CCN(C(=O)[C@H](Cc4ccccc4)NC(=O)CC4CCCCC4)CC3)[C@@H](O)C[C@@H]1CC[C@@H]1[C@@H]2CC[C@]2(C)[C@@H](O)CC[C@@H]12. The van der Waals surface area contributed by atoms with E-state index in [2.05, 4.69) is 24.1 Å². The van der Waals surface area contributed by atoms with Gasteiger partial charge in [0.15, 0.2) is 0 Å². The molecular weight excluding hydrogens is 586 g/mol. The fraction of sp³-hybridized carbons (Fsp3) is 0.800. The predicted molar refractivity (Wildman–Crippen MR) is 184 cm³/mol. The normalized spacial score (nSPS) is 40.2. The molecule has 1 saturated heterocycles. The number of nitrogens with one attached hydrogen (secondary N) is 1. The smallest absolute Gasteiger partial charge is 0.245 e. The van der Waals surface area contributed by atoms with Gasteiger partial charge in [-0.2, -0.15) is 0 Å². The Morgan fingerprint density at radius 3 is 2.34 bits per heavy atom. The van der Waals surface area contributed by atoms with E-state index in [1.165, 1.54) is 44.9 Å². The molecular formula is C40H61N3O4. The van der Waals surface area contributed by atoms with Gasteiger partial charge in [-0.05, 0) is 110 Å². The summed E-state index contributed by atoms with van der Waals surface area (Å²) in [6.07, 6.45) is 15.4. The number of amides is 2. The van der Waals surface area contributed by atoms with Crippen LogP contribution in [0.3, 0.4) is 0 Å². The van der Waals surface area contributed by atoms with Gasteiger partial charge in [-0.1, -0.05) is 63.4 Å². The van der Waals surface area contributed by atoms with Gasteiger partial charge in [-0.15, -0.1) is 0 Å². The van der Waals surface area contributed by atoms with E-state index >= 15 is 0 Å². The van der Waals surface area contributed by atoms with Gasteiger partial charge in [0.1, 0.15) is 6.04 Å². The number of piperazine rings is 1. The fourth-order valence-electron chi connectivity index (χ4n) is 12.1. The average molecular weight is 648 g/mol. The number of hydrogen-bond donors (Lipinski definition) is 3. The summed E-state index contributed by atoms with van der Waals surface area (Å²) in [6, 6.07) is 9.65. The molecule has 1 aliphatic heterocycles. The number of aliphatic hydroxyl groups is 2. The number of fused-ring (bicyclic) bond motifs is 5. The summed E-state index contributed by atoms with van der Waals surface area (Å²) in [4.78, 5) is 31.7. The Labute approximate surface area is 283 Å². The third kappa shape index (κ3) is 6.55. The van der Waals surface area contributed by atoms with E-state index in [1.807, 2.05) is 35.2 Å². The highest BCUT2D eigenvalue weighted by Gasteiger charge is 2.61.